The van der Waals surface area contributed by atoms with Crippen LogP contribution < -0.4 is 9.47 Å². The van der Waals surface area contributed by atoms with Crippen LogP contribution in [0.15, 0.2) is 12.1 Å². The van der Waals surface area contributed by atoms with Crippen molar-refractivity contribution in [2.24, 2.45) is 0 Å². The predicted molar refractivity (Wildman–Crippen MR) is 71.4 cm³/mol. The van der Waals surface area contributed by atoms with E-state index < -0.39 is 0 Å². The lowest BCUT2D eigenvalue weighted by Crippen LogP contribution is -2.01. The molecule has 0 fully saturated rings. The zero-order chi connectivity index (χ0) is 13.1. The molecule has 0 aliphatic rings. The SMILES string of the molecule is CCOc1ccc(OCC)c2nc(C)c(C)nc12. The monoisotopic (exact) mass is 246 g/mol. The fraction of sp³-hybridized carbons (Fsp3) is 0.429. The van der Waals surface area contributed by atoms with Gasteiger partial charge in [0.05, 0.1) is 24.6 Å². The first-order chi connectivity index (χ1) is 8.67. The normalized spacial score (nSPS) is 10.7. The molecule has 1 aromatic carbocycles. The molecule has 0 saturated heterocycles. The van der Waals surface area contributed by atoms with Crippen molar-refractivity contribution < 1.29 is 9.47 Å². The highest BCUT2D eigenvalue weighted by Gasteiger charge is 2.12. The molecule has 0 unspecified atom stereocenters. The summed E-state index contributed by atoms with van der Waals surface area (Å²) in [5, 5.41) is 0. The van der Waals surface area contributed by atoms with Gasteiger partial charge >= 0.3 is 0 Å². The third kappa shape index (κ3) is 2.23. The van der Waals surface area contributed by atoms with E-state index in [1.54, 1.807) is 0 Å². The Morgan fingerprint density at radius 3 is 1.56 bits per heavy atom. The summed E-state index contributed by atoms with van der Waals surface area (Å²) in [6.45, 7) is 9.03. The highest BCUT2D eigenvalue weighted by molar-refractivity contribution is 5.86. The van der Waals surface area contributed by atoms with Gasteiger partial charge < -0.3 is 9.47 Å². The number of ether oxygens (including phenoxy) is 2. The molecule has 96 valence electrons. The first kappa shape index (κ1) is 12.6. The van der Waals surface area contributed by atoms with Gasteiger partial charge in [-0.1, -0.05) is 0 Å². The van der Waals surface area contributed by atoms with Crippen LogP contribution in [0, 0.1) is 13.8 Å². The van der Waals surface area contributed by atoms with Gasteiger partial charge in [0.2, 0.25) is 0 Å². The van der Waals surface area contributed by atoms with Gasteiger partial charge in [-0.2, -0.15) is 0 Å². The largest absolute Gasteiger partial charge is 0.492 e. The standard InChI is InChI=1S/C14H18N2O2/c1-5-17-11-7-8-12(18-6-2)14-13(11)15-9(3)10(4)16-14/h7-8H,5-6H2,1-4H3. The van der Waals surface area contributed by atoms with Crippen molar-refractivity contribution in [1.82, 2.24) is 9.97 Å². The molecule has 2 rings (SSSR count). The second-order valence-electron chi connectivity index (χ2n) is 4.02. The molecule has 0 spiro atoms. The molecule has 1 aromatic heterocycles. The number of hydrogen-bond acceptors (Lipinski definition) is 4. The van der Waals surface area contributed by atoms with Gasteiger partial charge in [-0.3, -0.25) is 0 Å². The molecular weight excluding hydrogens is 228 g/mol. The summed E-state index contributed by atoms with van der Waals surface area (Å²) in [7, 11) is 0. The number of hydrogen-bond donors (Lipinski definition) is 0. The number of aryl methyl sites for hydroxylation is 2. The van der Waals surface area contributed by atoms with Gasteiger partial charge in [0, 0.05) is 0 Å². The smallest absolute Gasteiger partial charge is 0.147 e. The molecule has 0 radical (unpaired) electrons. The van der Waals surface area contributed by atoms with Gasteiger partial charge in [-0.25, -0.2) is 9.97 Å². The lowest BCUT2D eigenvalue weighted by molar-refractivity contribution is 0.335. The quantitative estimate of drug-likeness (QED) is 0.831. The average Bonchev–Trinajstić information content (AvgIpc) is 2.35. The van der Waals surface area contributed by atoms with Crippen LogP contribution in [0.3, 0.4) is 0 Å². The molecule has 0 aliphatic carbocycles. The fourth-order valence-corrected chi connectivity index (χ4v) is 1.80. The van der Waals surface area contributed by atoms with Gasteiger partial charge in [-0.05, 0) is 39.8 Å². The van der Waals surface area contributed by atoms with Crippen LogP contribution in [0.1, 0.15) is 25.2 Å². The molecule has 18 heavy (non-hydrogen) atoms. The van der Waals surface area contributed by atoms with Gasteiger partial charge in [0.1, 0.15) is 22.5 Å². The van der Waals surface area contributed by atoms with Crippen LogP contribution >= 0.6 is 0 Å². The van der Waals surface area contributed by atoms with E-state index in [2.05, 4.69) is 9.97 Å². The average molecular weight is 246 g/mol. The maximum Gasteiger partial charge on any atom is 0.147 e. The van der Waals surface area contributed by atoms with Crippen LogP contribution in [0.5, 0.6) is 11.5 Å². The van der Waals surface area contributed by atoms with Crippen molar-refractivity contribution in [3.05, 3.63) is 23.5 Å². The number of benzene rings is 1. The maximum absolute atomic E-state index is 5.59. The molecule has 0 N–H and O–H groups in total. The number of fused-ring (bicyclic) bond motifs is 1. The second kappa shape index (κ2) is 5.21. The number of nitrogens with zero attached hydrogens (tertiary/aromatic N) is 2. The van der Waals surface area contributed by atoms with Gasteiger partial charge in [0.15, 0.2) is 0 Å². The van der Waals surface area contributed by atoms with Crippen LogP contribution in [-0.2, 0) is 0 Å². The molecule has 1 heterocycles. The van der Waals surface area contributed by atoms with E-state index in [0.29, 0.717) is 13.2 Å². The van der Waals surface area contributed by atoms with E-state index >= 15 is 0 Å². The fourth-order valence-electron chi connectivity index (χ4n) is 1.80. The summed E-state index contributed by atoms with van der Waals surface area (Å²) >= 11 is 0. The van der Waals surface area contributed by atoms with E-state index in [-0.39, 0.29) is 0 Å². The lowest BCUT2D eigenvalue weighted by Gasteiger charge is -2.12. The van der Waals surface area contributed by atoms with E-state index in [9.17, 15) is 0 Å². The highest BCUT2D eigenvalue weighted by Crippen LogP contribution is 2.31. The Balaban J connectivity index is 2.69. The van der Waals surface area contributed by atoms with Crippen LogP contribution in [0.4, 0.5) is 0 Å². The summed E-state index contributed by atoms with van der Waals surface area (Å²) in [5.41, 5.74) is 3.37. The zero-order valence-corrected chi connectivity index (χ0v) is 11.3. The van der Waals surface area contributed by atoms with Gasteiger partial charge in [-0.15, -0.1) is 0 Å². The van der Waals surface area contributed by atoms with E-state index in [1.807, 2.05) is 39.8 Å². The summed E-state index contributed by atoms with van der Waals surface area (Å²) in [5.74, 6) is 1.51. The molecule has 0 atom stereocenters. The molecule has 0 aliphatic heterocycles. The minimum absolute atomic E-state index is 0.609. The molecule has 4 heteroatoms. The predicted octanol–water partition coefficient (Wildman–Crippen LogP) is 3.04. The van der Waals surface area contributed by atoms with Crippen LogP contribution in [0.2, 0.25) is 0 Å². The Morgan fingerprint density at radius 1 is 0.833 bits per heavy atom. The topological polar surface area (TPSA) is 44.2 Å². The Hall–Kier alpha value is -1.84. The molecule has 0 amide bonds. The van der Waals surface area contributed by atoms with Crippen molar-refractivity contribution in [2.45, 2.75) is 27.7 Å². The zero-order valence-electron chi connectivity index (χ0n) is 11.3. The van der Waals surface area contributed by atoms with E-state index in [1.165, 1.54) is 0 Å². The maximum atomic E-state index is 5.59. The van der Waals surface area contributed by atoms with E-state index in [0.717, 1.165) is 33.9 Å². The Morgan fingerprint density at radius 2 is 1.22 bits per heavy atom. The summed E-state index contributed by atoms with van der Waals surface area (Å²) in [4.78, 5) is 9.14. The molecule has 0 bridgehead atoms. The third-order valence-corrected chi connectivity index (χ3v) is 2.76. The minimum Gasteiger partial charge on any atom is -0.492 e. The molecular formula is C14H18N2O2. The first-order valence-electron chi connectivity index (χ1n) is 6.20. The molecule has 0 saturated carbocycles. The van der Waals surface area contributed by atoms with Crippen molar-refractivity contribution in [3.63, 3.8) is 0 Å². The molecule has 4 nitrogen and oxygen atoms in total. The van der Waals surface area contributed by atoms with Crippen molar-refractivity contribution in [1.29, 1.82) is 0 Å². The minimum atomic E-state index is 0.609. The summed E-state index contributed by atoms with van der Waals surface area (Å²) in [6, 6.07) is 3.78. The second-order valence-corrected chi connectivity index (χ2v) is 4.02. The van der Waals surface area contributed by atoms with Gasteiger partial charge in [0.25, 0.3) is 0 Å². The van der Waals surface area contributed by atoms with Crippen LogP contribution in [-0.4, -0.2) is 23.2 Å². The third-order valence-electron chi connectivity index (χ3n) is 2.76. The van der Waals surface area contributed by atoms with Crippen LogP contribution in [0.25, 0.3) is 11.0 Å². The van der Waals surface area contributed by atoms with Crippen molar-refractivity contribution in [3.8, 4) is 11.5 Å². The Labute approximate surface area is 107 Å². The van der Waals surface area contributed by atoms with Crippen molar-refractivity contribution in [2.75, 3.05) is 13.2 Å². The summed E-state index contributed by atoms with van der Waals surface area (Å²) < 4.78 is 11.2. The Kier molecular flexibility index (Phi) is 3.65. The van der Waals surface area contributed by atoms with E-state index in [4.69, 9.17) is 9.47 Å². The summed E-state index contributed by atoms with van der Waals surface area (Å²) in [6.07, 6.45) is 0. The van der Waals surface area contributed by atoms with Crippen molar-refractivity contribution >= 4 is 11.0 Å². The number of rotatable bonds is 4. The lowest BCUT2D eigenvalue weighted by atomic mass is 10.2. The molecule has 2 aromatic rings. The Bertz CT molecular complexity index is 517. The highest BCUT2D eigenvalue weighted by atomic mass is 16.5. The number of aromatic nitrogens is 2. The first-order valence-corrected chi connectivity index (χ1v) is 6.20.